The van der Waals surface area contributed by atoms with Crippen LogP contribution in [0.4, 0.5) is 11.4 Å². The summed E-state index contributed by atoms with van der Waals surface area (Å²) in [4.78, 5) is 5.01. The number of anilines is 2. The SMILES string of the molecule is COc1cc(N)cc(N(C)OC)c1. The molecule has 1 aromatic carbocycles. The number of nitrogens with zero attached hydrogens (tertiary/aromatic N) is 1. The van der Waals surface area contributed by atoms with Crippen LogP contribution >= 0.6 is 0 Å². The third-order valence-electron chi connectivity index (χ3n) is 1.79. The number of nitrogen functional groups attached to an aromatic ring is 1. The summed E-state index contributed by atoms with van der Waals surface area (Å²) in [7, 11) is 5.00. The van der Waals surface area contributed by atoms with Gasteiger partial charge in [0.15, 0.2) is 0 Å². The molecule has 0 spiro atoms. The highest BCUT2D eigenvalue weighted by atomic mass is 16.7. The van der Waals surface area contributed by atoms with Crippen molar-refractivity contribution in [2.24, 2.45) is 0 Å². The molecule has 0 bridgehead atoms. The van der Waals surface area contributed by atoms with Crippen molar-refractivity contribution < 1.29 is 9.57 Å². The Bertz CT molecular complexity index is 289. The Labute approximate surface area is 77.8 Å². The second-order valence-corrected chi connectivity index (χ2v) is 2.64. The molecule has 4 nitrogen and oxygen atoms in total. The fraction of sp³-hybridized carbons (Fsp3) is 0.333. The minimum absolute atomic E-state index is 0.651. The standard InChI is InChI=1S/C9H14N2O2/c1-11(13-3)8-4-7(10)5-9(6-8)12-2/h4-6H,10H2,1-3H3. The quantitative estimate of drug-likeness (QED) is 0.565. The monoisotopic (exact) mass is 182 g/mol. The average Bonchev–Trinajstić information content (AvgIpc) is 2.15. The van der Waals surface area contributed by atoms with Gasteiger partial charge in [0.05, 0.1) is 19.9 Å². The lowest BCUT2D eigenvalue weighted by Gasteiger charge is -2.16. The molecule has 13 heavy (non-hydrogen) atoms. The molecule has 0 aliphatic rings. The van der Waals surface area contributed by atoms with Gasteiger partial charge in [-0.05, 0) is 6.07 Å². The summed E-state index contributed by atoms with van der Waals surface area (Å²) in [6.45, 7) is 0. The molecular weight excluding hydrogens is 168 g/mol. The van der Waals surface area contributed by atoms with E-state index in [1.807, 2.05) is 12.1 Å². The van der Waals surface area contributed by atoms with Gasteiger partial charge < -0.3 is 10.5 Å². The maximum atomic E-state index is 5.67. The Kier molecular flexibility index (Phi) is 2.97. The van der Waals surface area contributed by atoms with E-state index in [4.69, 9.17) is 15.3 Å². The van der Waals surface area contributed by atoms with Crippen LogP contribution in [-0.4, -0.2) is 21.3 Å². The van der Waals surface area contributed by atoms with E-state index >= 15 is 0 Å². The number of hydroxylamine groups is 1. The molecule has 0 amide bonds. The van der Waals surface area contributed by atoms with Gasteiger partial charge in [-0.25, -0.2) is 0 Å². The molecule has 72 valence electrons. The molecule has 0 aliphatic carbocycles. The first-order valence-electron chi connectivity index (χ1n) is 3.89. The van der Waals surface area contributed by atoms with E-state index in [0.717, 1.165) is 11.4 Å². The Morgan fingerprint density at radius 3 is 2.46 bits per heavy atom. The molecule has 0 saturated carbocycles. The van der Waals surface area contributed by atoms with Gasteiger partial charge in [-0.15, -0.1) is 0 Å². The Balaban J connectivity index is 3.01. The van der Waals surface area contributed by atoms with Crippen LogP contribution in [0.1, 0.15) is 0 Å². The molecule has 2 N–H and O–H groups in total. The van der Waals surface area contributed by atoms with E-state index in [1.165, 1.54) is 0 Å². The summed E-state index contributed by atoms with van der Waals surface area (Å²) in [5, 5.41) is 1.61. The molecule has 0 aliphatic heterocycles. The predicted molar refractivity (Wildman–Crippen MR) is 52.8 cm³/mol. The van der Waals surface area contributed by atoms with E-state index in [2.05, 4.69) is 0 Å². The smallest absolute Gasteiger partial charge is 0.123 e. The molecule has 1 aromatic rings. The lowest BCUT2D eigenvalue weighted by Crippen LogP contribution is -2.14. The van der Waals surface area contributed by atoms with Crippen molar-refractivity contribution in [3.05, 3.63) is 18.2 Å². The number of hydrogen-bond acceptors (Lipinski definition) is 4. The number of benzene rings is 1. The zero-order valence-electron chi connectivity index (χ0n) is 8.07. The van der Waals surface area contributed by atoms with Gasteiger partial charge in [-0.2, -0.15) is 0 Å². The fourth-order valence-corrected chi connectivity index (χ4v) is 1.01. The van der Waals surface area contributed by atoms with Crippen molar-refractivity contribution in [1.29, 1.82) is 0 Å². The second-order valence-electron chi connectivity index (χ2n) is 2.64. The van der Waals surface area contributed by atoms with Crippen molar-refractivity contribution >= 4 is 11.4 Å². The maximum absolute atomic E-state index is 5.67. The Morgan fingerprint density at radius 1 is 1.23 bits per heavy atom. The largest absolute Gasteiger partial charge is 0.497 e. The van der Waals surface area contributed by atoms with Crippen molar-refractivity contribution in [3.8, 4) is 5.75 Å². The molecule has 0 saturated heterocycles. The normalized spacial score (nSPS) is 9.77. The van der Waals surface area contributed by atoms with Crippen molar-refractivity contribution in [1.82, 2.24) is 0 Å². The van der Waals surface area contributed by atoms with Crippen LogP contribution in [0.25, 0.3) is 0 Å². The zero-order valence-corrected chi connectivity index (χ0v) is 8.07. The van der Waals surface area contributed by atoms with Gasteiger partial charge in [-0.1, -0.05) is 0 Å². The van der Waals surface area contributed by atoms with Crippen LogP contribution in [0.3, 0.4) is 0 Å². The molecule has 0 heterocycles. The Hall–Kier alpha value is -1.42. The number of ether oxygens (including phenoxy) is 1. The number of nitrogens with two attached hydrogens (primary N) is 1. The molecule has 0 fully saturated rings. The molecular formula is C9H14N2O2. The number of rotatable bonds is 3. The molecule has 0 unspecified atom stereocenters. The summed E-state index contributed by atoms with van der Waals surface area (Å²) in [5.74, 6) is 0.721. The Morgan fingerprint density at radius 2 is 1.92 bits per heavy atom. The molecule has 0 atom stereocenters. The van der Waals surface area contributed by atoms with Gasteiger partial charge in [0.1, 0.15) is 5.75 Å². The molecule has 0 aromatic heterocycles. The lowest BCUT2D eigenvalue weighted by atomic mass is 10.2. The first-order chi connectivity index (χ1) is 6.17. The topological polar surface area (TPSA) is 47.7 Å². The summed E-state index contributed by atoms with van der Waals surface area (Å²) in [5.41, 5.74) is 7.18. The van der Waals surface area contributed by atoms with Crippen molar-refractivity contribution in [2.75, 3.05) is 32.1 Å². The van der Waals surface area contributed by atoms with Gasteiger partial charge in [-0.3, -0.25) is 9.90 Å². The van der Waals surface area contributed by atoms with Crippen molar-refractivity contribution in [2.45, 2.75) is 0 Å². The number of methoxy groups -OCH3 is 1. The molecule has 0 radical (unpaired) electrons. The van der Waals surface area contributed by atoms with E-state index in [1.54, 1.807) is 32.4 Å². The molecule has 4 heteroatoms. The minimum atomic E-state index is 0.651. The number of hydrogen-bond donors (Lipinski definition) is 1. The second kappa shape index (κ2) is 4.00. The van der Waals surface area contributed by atoms with Crippen LogP contribution in [0.5, 0.6) is 5.75 Å². The van der Waals surface area contributed by atoms with Crippen LogP contribution < -0.4 is 15.5 Å². The van der Waals surface area contributed by atoms with Crippen LogP contribution in [-0.2, 0) is 4.84 Å². The predicted octanol–water partition coefficient (Wildman–Crippen LogP) is 1.27. The van der Waals surface area contributed by atoms with E-state index < -0.39 is 0 Å². The summed E-state index contributed by atoms with van der Waals surface area (Å²) in [6.07, 6.45) is 0. The maximum Gasteiger partial charge on any atom is 0.123 e. The summed E-state index contributed by atoms with van der Waals surface area (Å²) >= 11 is 0. The summed E-state index contributed by atoms with van der Waals surface area (Å²) < 4.78 is 5.07. The lowest BCUT2D eigenvalue weighted by molar-refractivity contribution is 0.184. The van der Waals surface area contributed by atoms with Crippen LogP contribution in [0.2, 0.25) is 0 Å². The van der Waals surface area contributed by atoms with Gasteiger partial charge in [0, 0.05) is 24.9 Å². The summed E-state index contributed by atoms with van der Waals surface area (Å²) in [6, 6.07) is 5.42. The third kappa shape index (κ3) is 2.26. The third-order valence-corrected chi connectivity index (χ3v) is 1.79. The van der Waals surface area contributed by atoms with E-state index in [-0.39, 0.29) is 0 Å². The van der Waals surface area contributed by atoms with Gasteiger partial charge in [0.25, 0.3) is 0 Å². The zero-order chi connectivity index (χ0) is 9.84. The molecule has 1 rings (SSSR count). The minimum Gasteiger partial charge on any atom is -0.497 e. The highest BCUT2D eigenvalue weighted by Gasteiger charge is 2.02. The van der Waals surface area contributed by atoms with Crippen molar-refractivity contribution in [3.63, 3.8) is 0 Å². The highest BCUT2D eigenvalue weighted by molar-refractivity contribution is 5.59. The van der Waals surface area contributed by atoms with Crippen LogP contribution in [0, 0.1) is 0 Å². The van der Waals surface area contributed by atoms with Gasteiger partial charge >= 0.3 is 0 Å². The van der Waals surface area contributed by atoms with E-state index in [9.17, 15) is 0 Å². The highest BCUT2D eigenvalue weighted by Crippen LogP contribution is 2.24. The van der Waals surface area contributed by atoms with Gasteiger partial charge in [0.2, 0.25) is 0 Å². The van der Waals surface area contributed by atoms with E-state index in [0.29, 0.717) is 5.69 Å². The van der Waals surface area contributed by atoms with Crippen LogP contribution in [0.15, 0.2) is 18.2 Å². The first kappa shape index (κ1) is 9.67. The average molecular weight is 182 g/mol. The fourth-order valence-electron chi connectivity index (χ4n) is 1.01. The first-order valence-corrected chi connectivity index (χ1v) is 3.89.